The highest BCUT2D eigenvalue weighted by atomic mass is 32.2. The zero-order valence-electron chi connectivity index (χ0n) is 48.4. The number of amides is 3. The molecule has 0 aromatic carbocycles. The number of thioether (sulfide) groups is 4. The van der Waals surface area contributed by atoms with E-state index in [1.165, 1.54) is 0 Å². The van der Waals surface area contributed by atoms with Gasteiger partial charge in [0.1, 0.15) is 5.78 Å². The third kappa shape index (κ3) is 45.4. The van der Waals surface area contributed by atoms with Gasteiger partial charge in [-0.2, -0.15) is 0 Å². The van der Waals surface area contributed by atoms with Crippen LogP contribution in [-0.2, 0) is 38.4 Å². The van der Waals surface area contributed by atoms with Crippen LogP contribution in [-0.4, -0.2) is 223 Å². The number of Topliss-reactive ketones (excluding diaryl/α,β-unsaturated/α-hetero) is 1. The minimum atomic E-state index is -0.466. The maximum Gasteiger partial charge on any atom is 0.220 e. The SMILES string of the molecule is CCCN(CCNC(C)(C)C)CCN(CCNC)CCNC(=O)CCSC(=O)CC(=O)SCCC(=O)NCCN(CCNC(=O)CCSC(=O)CC(=O)SCCC(=O)C(C)(C)C)CCN(CCC)CCNC(C)(C)C. The quantitative estimate of drug-likeness (QED) is 0.0467. The summed E-state index contributed by atoms with van der Waals surface area (Å²) in [5, 5.41) is 18.0. The van der Waals surface area contributed by atoms with Crippen LogP contribution in [0.5, 0.6) is 0 Å². The van der Waals surface area contributed by atoms with Gasteiger partial charge in [-0.3, -0.25) is 48.2 Å². The van der Waals surface area contributed by atoms with E-state index in [9.17, 15) is 38.4 Å². The van der Waals surface area contributed by atoms with Crippen molar-refractivity contribution in [1.29, 1.82) is 0 Å². The van der Waals surface area contributed by atoms with Crippen LogP contribution < -0.4 is 31.9 Å². The third-order valence-corrected chi connectivity index (χ3v) is 14.9. The van der Waals surface area contributed by atoms with Crippen LogP contribution in [0.1, 0.15) is 128 Å². The molecule has 0 radical (unpaired) electrons. The molecule has 436 valence electrons. The van der Waals surface area contributed by atoms with Gasteiger partial charge in [0, 0.05) is 170 Å². The minimum Gasteiger partial charge on any atom is -0.355 e. The summed E-state index contributed by atoms with van der Waals surface area (Å²) in [4.78, 5) is 109. The molecule has 0 aromatic heterocycles. The fourth-order valence-electron chi connectivity index (χ4n) is 7.16. The molecule has 0 aliphatic heterocycles. The maximum atomic E-state index is 12.8. The molecule has 22 heteroatoms. The molecule has 0 fully saturated rings. The second kappa shape index (κ2) is 42.8. The van der Waals surface area contributed by atoms with Gasteiger partial charge in [0.2, 0.25) is 17.7 Å². The predicted molar refractivity (Wildman–Crippen MR) is 317 cm³/mol. The number of ketones is 1. The van der Waals surface area contributed by atoms with Crippen LogP contribution in [0.3, 0.4) is 0 Å². The summed E-state index contributed by atoms with van der Waals surface area (Å²) in [7, 11) is 1.94. The van der Waals surface area contributed by atoms with E-state index in [1.54, 1.807) is 0 Å². The molecule has 0 spiro atoms. The van der Waals surface area contributed by atoms with Crippen molar-refractivity contribution in [2.45, 2.75) is 139 Å². The van der Waals surface area contributed by atoms with Gasteiger partial charge >= 0.3 is 0 Å². The molecule has 0 saturated carbocycles. The molecule has 0 unspecified atom stereocenters. The van der Waals surface area contributed by atoms with Crippen LogP contribution in [0, 0.1) is 5.41 Å². The molecule has 0 aliphatic rings. The highest BCUT2D eigenvalue weighted by Crippen LogP contribution is 2.20. The summed E-state index contributed by atoms with van der Waals surface area (Å²) in [6, 6.07) is 0. The Morgan fingerprint density at radius 2 is 0.653 bits per heavy atom. The first-order valence-electron chi connectivity index (χ1n) is 27.3. The van der Waals surface area contributed by atoms with Gasteiger partial charge in [-0.25, -0.2) is 0 Å². The molecule has 0 aliphatic carbocycles. The molecule has 6 N–H and O–H groups in total. The third-order valence-electron chi connectivity index (χ3n) is 11.4. The number of rotatable bonds is 44. The fraction of sp³-hybridized carbons (Fsp3) is 0.849. The number of carbonyl (C=O) groups excluding carboxylic acids is 8. The normalized spacial score (nSPS) is 12.2. The standard InChI is InChI=1S/C53H102N10O8S4/c1-13-25-60(31-23-58-52(6,7)8)33-35-62(27-19-54-12)28-20-55-44(65)16-39-74-49(70)42-50(71)75-40-18-46(67)57-22-30-63(36-34-61(26-14-2)32-24-59-53(9,10)11)29-21-56-45(66)17-38-73-48(69)41-47(68)72-37-15-43(64)51(3,4)5/h54,58-59H,13-42H2,1-12H3,(H,55,65)(H,56,66)(H,57,67). The summed E-state index contributed by atoms with van der Waals surface area (Å²) in [6.07, 6.45) is 2.27. The number of hydrogen-bond donors (Lipinski definition) is 6. The van der Waals surface area contributed by atoms with Gasteiger partial charge in [-0.1, -0.05) is 81.7 Å². The molecule has 0 heterocycles. The lowest BCUT2D eigenvalue weighted by atomic mass is 9.89. The largest absolute Gasteiger partial charge is 0.355 e. The summed E-state index contributed by atoms with van der Waals surface area (Å²) in [5.74, 6) is 0.660. The average molecular weight is 1140 g/mol. The first-order valence-corrected chi connectivity index (χ1v) is 31.2. The van der Waals surface area contributed by atoms with Gasteiger partial charge in [0.25, 0.3) is 0 Å². The zero-order valence-corrected chi connectivity index (χ0v) is 51.7. The van der Waals surface area contributed by atoms with Crippen molar-refractivity contribution in [2.24, 2.45) is 5.41 Å². The zero-order chi connectivity index (χ0) is 56.7. The number of nitrogens with zero attached hydrogens (tertiary/aromatic N) is 4. The Kier molecular flexibility index (Phi) is 41.6. The van der Waals surface area contributed by atoms with Crippen LogP contribution in [0.25, 0.3) is 0 Å². The molecule has 0 bridgehead atoms. The van der Waals surface area contributed by atoms with E-state index in [2.05, 4.69) is 107 Å². The van der Waals surface area contributed by atoms with Crippen molar-refractivity contribution in [2.75, 3.05) is 148 Å². The van der Waals surface area contributed by atoms with Gasteiger partial charge in [-0.05, 0) is 74.5 Å². The molecular formula is C53H102N10O8S4. The number of hydrogen-bond acceptors (Lipinski definition) is 19. The summed E-state index contributed by atoms with van der Waals surface area (Å²) < 4.78 is 0. The second-order valence-corrected chi connectivity index (χ2v) is 26.4. The first kappa shape index (κ1) is 72.9. The Morgan fingerprint density at radius 1 is 0.373 bits per heavy atom. The summed E-state index contributed by atoms with van der Waals surface area (Å²) >= 11 is 3.89. The van der Waals surface area contributed by atoms with E-state index in [1.807, 2.05) is 27.8 Å². The molecule has 0 atom stereocenters. The highest BCUT2D eigenvalue weighted by molar-refractivity contribution is 8.16. The monoisotopic (exact) mass is 1130 g/mol. The lowest BCUT2D eigenvalue weighted by Gasteiger charge is -2.29. The van der Waals surface area contributed by atoms with Gasteiger partial charge in [0.05, 0.1) is 12.8 Å². The van der Waals surface area contributed by atoms with E-state index in [4.69, 9.17) is 0 Å². The van der Waals surface area contributed by atoms with Crippen LogP contribution in [0.15, 0.2) is 0 Å². The minimum absolute atomic E-state index is 0.0117. The smallest absolute Gasteiger partial charge is 0.220 e. The van der Waals surface area contributed by atoms with Crippen LogP contribution >= 0.6 is 47.0 Å². The highest BCUT2D eigenvalue weighted by Gasteiger charge is 2.22. The van der Waals surface area contributed by atoms with Crippen LogP contribution in [0.2, 0.25) is 0 Å². The molecular weight excluding hydrogens is 1030 g/mol. The van der Waals surface area contributed by atoms with E-state index in [0.717, 1.165) is 138 Å². The average Bonchev–Trinajstić information content (AvgIpc) is 3.29. The molecule has 3 amide bonds. The van der Waals surface area contributed by atoms with Gasteiger partial charge < -0.3 is 41.7 Å². The van der Waals surface area contributed by atoms with Crippen molar-refractivity contribution in [3.63, 3.8) is 0 Å². The molecule has 18 nitrogen and oxygen atoms in total. The lowest BCUT2D eigenvalue weighted by Crippen LogP contribution is -2.45. The molecule has 0 aromatic rings. The first-order chi connectivity index (χ1) is 35.3. The van der Waals surface area contributed by atoms with Gasteiger partial charge in [0.15, 0.2) is 20.5 Å². The van der Waals surface area contributed by atoms with Crippen molar-refractivity contribution < 1.29 is 38.4 Å². The topological polar surface area (TPSA) is 222 Å². The summed E-state index contributed by atoms with van der Waals surface area (Å²) in [6.45, 7) is 36.6. The molecule has 0 rings (SSSR count). The Bertz CT molecular complexity index is 1660. The van der Waals surface area contributed by atoms with E-state index in [-0.39, 0.29) is 111 Å². The van der Waals surface area contributed by atoms with Gasteiger partial charge in [-0.15, -0.1) is 0 Å². The second-order valence-electron chi connectivity index (χ2n) is 21.8. The van der Waals surface area contributed by atoms with Crippen molar-refractivity contribution in [3.8, 4) is 0 Å². The number of nitrogens with one attached hydrogen (secondary N) is 6. The molecule has 75 heavy (non-hydrogen) atoms. The molecule has 0 saturated heterocycles. The Hall–Kier alpha value is -2.12. The maximum absolute atomic E-state index is 12.8. The Morgan fingerprint density at radius 3 is 0.933 bits per heavy atom. The number of likely N-dealkylation sites (N-methyl/N-ethyl adjacent to an activating group) is 1. The van der Waals surface area contributed by atoms with Crippen molar-refractivity contribution >= 4 is 91.0 Å². The van der Waals surface area contributed by atoms with Crippen molar-refractivity contribution in [3.05, 3.63) is 0 Å². The lowest BCUT2D eigenvalue weighted by molar-refractivity contribution is -0.126. The van der Waals surface area contributed by atoms with Crippen molar-refractivity contribution in [1.82, 2.24) is 51.5 Å². The Labute approximate surface area is 470 Å². The van der Waals surface area contributed by atoms with Crippen LogP contribution in [0.4, 0.5) is 0 Å². The van der Waals surface area contributed by atoms with E-state index >= 15 is 0 Å². The number of carbonyl (C=O) groups is 8. The summed E-state index contributed by atoms with van der Waals surface area (Å²) in [5.41, 5.74) is -0.369. The predicted octanol–water partition coefficient (Wildman–Crippen LogP) is 4.35. The Balaban J connectivity index is 4.82. The van der Waals surface area contributed by atoms with E-state index < -0.39 is 5.41 Å². The van der Waals surface area contributed by atoms with E-state index in [0.29, 0.717) is 45.0 Å². The fourth-order valence-corrected chi connectivity index (χ4v) is 10.3.